The quantitative estimate of drug-likeness (QED) is 0.448. The maximum absolute atomic E-state index is 12.5. The standard InChI is InChI=1S/C26H30N2O5/c29-24(30)15-23(25(31)27-14-6-5-7-17-12-13-17)28-26(32)33-16-22-20-10-3-1-8-18(20)19-9-2-4-11-21(19)22/h1-4,8-11,17,22-23H,5-7,12-16H2,(H,27,31)(H,28,32)(H,29,30). The van der Waals surface area contributed by atoms with Crippen LogP contribution in [0.15, 0.2) is 48.5 Å². The number of nitrogens with one attached hydrogen (secondary N) is 2. The number of benzene rings is 2. The van der Waals surface area contributed by atoms with Crippen molar-refractivity contribution < 1.29 is 24.2 Å². The first-order valence-corrected chi connectivity index (χ1v) is 11.6. The predicted octanol–water partition coefficient (Wildman–Crippen LogP) is 4.06. The second-order valence-corrected chi connectivity index (χ2v) is 8.85. The fourth-order valence-electron chi connectivity index (χ4n) is 4.47. The van der Waals surface area contributed by atoms with Gasteiger partial charge in [-0.3, -0.25) is 9.59 Å². The van der Waals surface area contributed by atoms with Crippen LogP contribution in [0.4, 0.5) is 4.79 Å². The van der Waals surface area contributed by atoms with Crippen molar-refractivity contribution in [2.24, 2.45) is 5.92 Å². The summed E-state index contributed by atoms with van der Waals surface area (Å²) in [6.07, 6.45) is 4.35. The average Bonchev–Trinajstić information content (AvgIpc) is 3.58. The molecule has 0 aliphatic heterocycles. The number of aliphatic carboxylic acids is 1. The van der Waals surface area contributed by atoms with Crippen LogP contribution < -0.4 is 10.6 Å². The molecule has 1 fully saturated rings. The van der Waals surface area contributed by atoms with Crippen LogP contribution in [-0.4, -0.2) is 42.3 Å². The zero-order valence-corrected chi connectivity index (χ0v) is 18.6. The third-order valence-electron chi connectivity index (χ3n) is 6.37. The molecule has 0 heterocycles. The number of carbonyl (C=O) groups excluding carboxylic acids is 2. The summed E-state index contributed by atoms with van der Waals surface area (Å²) in [4.78, 5) is 36.2. The molecule has 2 aromatic rings. The van der Waals surface area contributed by atoms with Crippen molar-refractivity contribution in [2.45, 2.75) is 50.5 Å². The van der Waals surface area contributed by atoms with Crippen LogP contribution in [0.5, 0.6) is 0 Å². The van der Waals surface area contributed by atoms with Gasteiger partial charge in [0.1, 0.15) is 12.6 Å². The summed E-state index contributed by atoms with van der Waals surface area (Å²) >= 11 is 0. The highest BCUT2D eigenvalue weighted by Crippen LogP contribution is 2.44. The van der Waals surface area contributed by atoms with E-state index in [9.17, 15) is 19.5 Å². The number of carbonyl (C=O) groups is 3. The molecular formula is C26H30N2O5. The molecule has 7 heteroatoms. The van der Waals surface area contributed by atoms with Gasteiger partial charge in [0.05, 0.1) is 6.42 Å². The van der Waals surface area contributed by atoms with Gasteiger partial charge in [-0.1, -0.05) is 74.2 Å². The summed E-state index contributed by atoms with van der Waals surface area (Å²) in [5.41, 5.74) is 4.40. The number of unbranched alkanes of at least 4 members (excludes halogenated alkanes) is 1. The Kier molecular flexibility index (Phi) is 7.27. The van der Waals surface area contributed by atoms with E-state index < -0.39 is 30.4 Å². The van der Waals surface area contributed by atoms with Crippen molar-refractivity contribution >= 4 is 18.0 Å². The topological polar surface area (TPSA) is 105 Å². The zero-order chi connectivity index (χ0) is 23.2. The molecule has 1 saturated carbocycles. The van der Waals surface area contributed by atoms with Crippen LogP contribution in [0.3, 0.4) is 0 Å². The monoisotopic (exact) mass is 450 g/mol. The summed E-state index contributed by atoms with van der Waals surface area (Å²) in [6.45, 7) is 0.566. The SMILES string of the molecule is O=C(O)CC(NC(=O)OCC1c2ccccc2-c2ccccc21)C(=O)NCCCCC1CC1. The fraction of sp³-hybridized carbons (Fsp3) is 0.423. The molecule has 0 spiro atoms. The minimum Gasteiger partial charge on any atom is -0.481 e. The molecule has 4 rings (SSSR count). The van der Waals surface area contributed by atoms with E-state index in [-0.39, 0.29) is 12.5 Å². The van der Waals surface area contributed by atoms with Crippen molar-refractivity contribution in [3.05, 3.63) is 59.7 Å². The lowest BCUT2D eigenvalue weighted by Gasteiger charge is -2.18. The van der Waals surface area contributed by atoms with Gasteiger partial charge in [0.25, 0.3) is 0 Å². The molecule has 0 bridgehead atoms. The molecule has 2 aliphatic carbocycles. The second-order valence-electron chi connectivity index (χ2n) is 8.85. The van der Waals surface area contributed by atoms with Gasteiger partial charge >= 0.3 is 12.1 Å². The Morgan fingerprint density at radius 1 is 0.970 bits per heavy atom. The van der Waals surface area contributed by atoms with Crippen LogP contribution >= 0.6 is 0 Å². The molecule has 7 nitrogen and oxygen atoms in total. The van der Waals surface area contributed by atoms with Gasteiger partial charge in [-0.05, 0) is 34.6 Å². The van der Waals surface area contributed by atoms with Crippen LogP contribution in [0.25, 0.3) is 11.1 Å². The van der Waals surface area contributed by atoms with E-state index in [1.54, 1.807) is 0 Å². The Balaban J connectivity index is 1.31. The summed E-state index contributed by atoms with van der Waals surface area (Å²) < 4.78 is 5.46. The van der Waals surface area contributed by atoms with Crippen LogP contribution in [-0.2, 0) is 14.3 Å². The van der Waals surface area contributed by atoms with Crippen molar-refractivity contribution in [1.29, 1.82) is 0 Å². The molecule has 33 heavy (non-hydrogen) atoms. The highest BCUT2D eigenvalue weighted by molar-refractivity contribution is 5.89. The molecule has 0 aromatic heterocycles. The number of rotatable bonds is 11. The third kappa shape index (κ3) is 5.92. The number of ether oxygens (including phenoxy) is 1. The lowest BCUT2D eigenvalue weighted by Crippen LogP contribution is -2.48. The summed E-state index contributed by atoms with van der Waals surface area (Å²) in [5, 5.41) is 14.3. The molecule has 2 aliphatic rings. The van der Waals surface area contributed by atoms with E-state index in [4.69, 9.17) is 4.74 Å². The second kappa shape index (κ2) is 10.5. The number of alkyl carbamates (subject to hydrolysis) is 1. The molecular weight excluding hydrogens is 420 g/mol. The molecule has 174 valence electrons. The van der Waals surface area contributed by atoms with E-state index >= 15 is 0 Å². The van der Waals surface area contributed by atoms with Crippen LogP contribution in [0.2, 0.25) is 0 Å². The Hall–Kier alpha value is -3.35. The van der Waals surface area contributed by atoms with Gasteiger partial charge in [0.2, 0.25) is 5.91 Å². The molecule has 2 aromatic carbocycles. The largest absolute Gasteiger partial charge is 0.481 e. The normalized spacial score (nSPS) is 15.3. The summed E-state index contributed by atoms with van der Waals surface area (Å²) in [7, 11) is 0. The van der Waals surface area contributed by atoms with E-state index in [0.29, 0.717) is 6.54 Å². The Bertz CT molecular complexity index is 972. The van der Waals surface area contributed by atoms with Crippen molar-refractivity contribution in [1.82, 2.24) is 10.6 Å². The number of carboxylic acids is 1. The molecule has 1 atom stereocenters. The summed E-state index contributed by atoms with van der Waals surface area (Å²) in [6, 6.07) is 14.8. The minimum absolute atomic E-state index is 0.0996. The third-order valence-corrected chi connectivity index (χ3v) is 6.37. The highest BCUT2D eigenvalue weighted by atomic mass is 16.5. The Morgan fingerprint density at radius 3 is 2.21 bits per heavy atom. The first-order chi connectivity index (χ1) is 16.0. The number of hydrogen-bond acceptors (Lipinski definition) is 4. The molecule has 2 amide bonds. The predicted molar refractivity (Wildman–Crippen MR) is 124 cm³/mol. The fourth-order valence-corrected chi connectivity index (χ4v) is 4.47. The van der Waals surface area contributed by atoms with E-state index in [1.165, 1.54) is 19.3 Å². The molecule has 0 saturated heterocycles. The summed E-state index contributed by atoms with van der Waals surface area (Å²) in [5.74, 6) is -0.933. The van der Waals surface area contributed by atoms with E-state index in [2.05, 4.69) is 10.6 Å². The molecule has 1 unspecified atom stereocenters. The van der Waals surface area contributed by atoms with Crippen molar-refractivity contribution in [3.63, 3.8) is 0 Å². The number of hydrogen-bond donors (Lipinski definition) is 3. The highest BCUT2D eigenvalue weighted by Gasteiger charge is 2.30. The van der Waals surface area contributed by atoms with Gasteiger partial charge in [-0.2, -0.15) is 0 Å². The maximum atomic E-state index is 12.5. The van der Waals surface area contributed by atoms with Crippen LogP contribution in [0.1, 0.15) is 55.6 Å². The Labute approximate surface area is 193 Å². The molecule has 0 radical (unpaired) electrons. The van der Waals surface area contributed by atoms with Crippen LogP contribution in [0, 0.1) is 5.92 Å². The number of amides is 2. The number of carboxylic acid groups (broad SMARTS) is 1. The number of fused-ring (bicyclic) bond motifs is 3. The minimum atomic E-state index is -1.18. The van der Waals surface area contributed by atoms with Gasteiger partial charge in [-0.25, -0.2) is 4.79 Å². The first kappa shape index (κ1) is 22.8. The van der Waals surface area contributed by atoms with E-state index in [1.807, 2.05) is 48.5 Å². The molecule has 3 N–H and O–H groups in total. The lowest BCUT2D eigenvalue weighted by atomic mass is 9.98. The zero-order valence-electron chi connectivity index (χ0n) is 18.6. The lowest BCUT2D eigenvalue weighted by molar-refractivity contribution is -0.139. The van der Waals surface area contributed by atoms with Crippen molar-refractivity contribution in [2.75, 3.05) is 13.2 Å². The van der Waals surface area contributed by atoms with Gasteiger partial charge < -0.3 is 20.5 Å². The van der Waals surface area contributed by atoms with Gasteiger partial charge in [-0.15, -0.1) is 0 Å². The van der Waals surface area contributed by atoms with Gasteiger partial charge in [0.15, 0.2) is 0 Å². The van der Waals surface area contributed by atoms with Gasteiger partial charge in [0, 0.05) is 12.5 Å². The van der Waals surface area contributed by atoms with E-state index in [0.717, 1.165) is 41.0 Å². The maximum Gasteiger partial charge on any atom is 0.407 e. The Morgan fingerprint density at radius 2 is 1.61 bits per heavy atom. The average molecular weight is 451 g/mol. The van der Waals surface area contributed by atoms with Crippen molar-refractivity contribution in [3.8, 4) is 11.1 Å². The smallest absolute Gasteiger partial charge is 0.407 e. The first-order valence-electron chi connectivity index (χ1n) is 11.6.